The number of halogens is 2. The highest BCUT2D eigenvalue weighted by molar-refractivity contribution is 6.38. The van der Waals surface area contributed by atoms with Gasteiger partial charge in [0.1, 0.15) is 5.67 Å². The molecule has 1 aromatic carbocycles. The third-order valence-corrected chi connectivity index (χ3v) is 7.83. The van der Waals surface area contributed by atoms with Crippen molar-refractivity contribution in [2.75, 3.05) is 5.32 Å². The fraction of sp³-hybridized carbons (Fsp3) is 0.560. The quantitative estimate of drug-likeness (QED) is 0.371. The van der Waals surface area contributed by atoms with Crippen LogP contribution in [0.1, 0.15) is 62.2 Å². The maximum Gasteiger partial charge on any atom is 0.289 e. The minimum atomic E-state index is -1.25. The van der Waals surface area contributed by atoms with Crippen LogP contribution in [0.25, 0.3) is 0 Å². The van der Waals surface area contributed by atoms with Gasteiger partial charge in [-0.2, -0.15) is 0 Å². The van der Waals surface area contributed by atoms with Gasteiger partial charge in [-0.15, -0.1) is 0 Å². The van der Waals surface area contributed by atoms with Gasteiger partial charge >= 0.3 is 0 Å². The fourth-order valence-electron chi connectivity index (χ4n) is 5.52. The lowest BCUT2D eigenvalue weighted by atomic mass is 9.42. The zero-order chi connectivity index (χ0) is 25.8. The number of rotatable bonds is 9. The predicted molar refractivity (Wildman–Crippen MR) is 128 cm³/mol. The molecule has 0 radical (unpaired) electrons. The molecule has 5 fully saturated rings. The Labute approximate surface area is 212 Å². The summed E-state index contributed by atoms with van der Waals surface area (Å²) in [5.41, 5.74) is -1.84. The number of ketones is 1. The molecule has 4 aliphatic carbocycles. The normalized spacial score (nSPS) is 30.8. The largest absolute Gasteiger partial charge is 0.353 e. The van der Waals surface area contributed by atoms with Crippen LogP contribution in [0.5, 0.6) is 0 Å². The first-order valence-electron chi connectivity index (χ1n) is 12.2. The second-order valence-electron chi connectivity index (χ2n) is 10.8. The molecule has 4 N–H and O–H groups in total. The number of nitrogens with one attached hydrogen (secondary N) is 4. The number of alkyl halides is 1. The summed E-state index contributed by atoms with van der Waals surface area (Å²) in [4.78, 5) is 63.9. The summed E-state index contributed by atoms with van der Waals surface area (Å²) in [6, 6.07) is 2.94. The van der Waals surface area contributed by atoms with Crippen LogP contribution >= 0.6 is 11.6 Å². The molecule has 9 nitrogen and oxygen atoms in total. The molecule has 1 aliphatic heterocycles. The Balaban J connectivity index is 1.33. The number of hydrogen-bond acceptors (Lipinski definition) is 5. The molecule has 36 heavy (non-hydrogen) atoms. The van der Waals surface area contributed by atoms with E-state index in [1.54, 1.807) is 0 Å². The number of carbonyl (C=O) groups excluding carboxylic acids is 5. The van der Waals surface area contributed by atoms with Gasteiger partial charge in [0.15, 0.2) is 0 Å². The van der Waals surface area contributed by atoms with Crippen molar-refractivity contribution in [1.82, 2.24) is 16.0 Å². The molecule has 192 valence electrons. The Morgan fingerprint density at radius 2 is 1.89 bits per heavy atom. The van der Waals surface area contributed by atoms with Crippen molar-refractivity contribution in [3.8, 4) is 0 Å². The lowest BCUT2D eigenvalue weighted by Crippen LogP contribution is -2.69. The first-order valence-corrected chi connectivity index (χ1v) is 12.6. The minimum Gasteiger partial charge on any atom is -0.353 e. The highest BCUT2D eigenvalue weighted by Gasteiger charge is 2.72. The van der Waals surface area contributed by atoms with Gasteiger partial charge in [-0.1, -0.05) is 11.6 Å². The number of hydrogen-bond donors (Lipinski definition) is 4. The van der Waals surface area contributed by atoms with E-state index in [1.807, 2.05) is 6.92 Å². The second kappa shape index (κ2) is 8.83. The highest BCUT2D eigenvalue weighted by atomic mass is 35.5. The lowest BCUT2D eigenvalue weighted by Gasteiger charge is -2.64. The molecule has 1 heterocycles. The van der Waals surface area contributed by atoms with Crippen LogP contribution < -0.4 is 21.3 Å². The summed E-state index contributed by atoms with van der Waals surface area (Å²) >= 11 is 6.11. The first kappa shape index (κ1) is 24.7. The van der Waals surface area contributed by atoms with Crippen LogP contribution in [0.2, 0.25) is 5.02 Å². The number of Topliss-reactive ketones (excluding diaryl/α,β-unsaturated/α-hetero) is 1. The molecule has 11 heteroatoms. The molecule has 1 saturated heterocycles. The maximum atomic E-state index is 13.9. The smallest absolute Gasteiger partial charge is 0.289 e. The van der Waals surface area contributed by atoms with Gasteiger partial charge in [0.25, 0.3) is 11.8 Å². The summed E-state index contributed by atoms with van der Waals surface area (Å²) in [5, 5.41) is 10.9. The topological polar surface area (TPSA) is 133 Å². The average molecular weight is 519 g/mol. The average Bonchev–Trinajstić information content (AvgIpc) is 3.53. The van der Waals surface area contributed by atoms with Gasteiger partial charge in [0.2, 0.25) is 17.6 Å². The highest BCUT2D eigenvalue weighted by Crippen LogP contribution is 2.69. The summed E-state index contributed by atoms with van der Waals surface area (Å²) in [5.74, 6) is -3.52. The van der Waals surface area contributed by atoms with Crippen molar-refractivity contribution in [2.24, 2.45) is 11.3 Å². The third kappa shape index (κ3) is 4.70. The van der Waals surface area contributed by atoms with E-state index in [9.17, 15) is 28.4 Å². The molecular weight excluding hydrogens is 491 g/mol. The van der Waals surface area contributed by atoms with Gasteiger partial charge in [-0.05, 0) is 70.1 Å². The van der Waals surface area contributed by atoms with Crippen molar-refractivity contribution in [2.45, 2.75) is 75.7 Å². The van der Waals surface area contributed by atoms with Crippen molar-refractivity contribution >= 4 is 46.7 Å². The summed E-state index contributed by atoms with van der Waals surface area (Å²) in [6.45, 7) is 1.84. The molecule has 1 unspecified atom stereocenters. The van der Waals surface area contributed by atoms with E-state index in [-0.39, 0.29) is 65.9 Å². The molecule has 3 atom stereocenters. The molecule has 0 spiro atoms. The summed E-state index contributed by atoms with van der Waals surface area (Å²) in [7, 11) is 0. The first-order chi connectivity index (χ1) is 17.0. The summed E-state index contributed by atoms with van der Waals surface area (Å²) in [6.07, 6.45) is 2.49. The predicted octanol–water partition coefficient (Wildman–Crippen LogP) is 2.03. The Morgan fingerprint density at radius 1 is 1.19 bits per heavy atom. The Kier molecular flexibility index (Phi) is 6.05. The van der Waals surface area contributed by atoms with Gasteiger partial charge in [-0.25, -0.2) is 4.39 Å². The van der Waals surface area contributed by atoms with Crippen molar-refractivity contribution < 1.29 is 28.4 Å². The fourth-order valence-corrected chi connectivity index (χ4v) is 5.70. The van der Waals surface area contributed by atoms with E-state index < -0.39 is 40.6 Å². The van der Waals surface area contributed by atoms with Crippen molar-refractivity contribution in [3.63, 3.8) is 0 Å². The van der Waals surface area contributed by atoms with E-state index in [4.69, 9.17) is 11.6 Å². The molecule has 1 aromatic rings. The molecule has 4 amide bonds. The Bertz CT molecular complexity index is 1150. The second-order valence-corrected chi connectivity index (χ2v) is 11.3. The van der Waals surface area contributed by atoms with Crippen LogP contribution in [-0.2, 0) is 19.2 Å². The van der Waals surface area contributed by atoms with E-state index in [0.29, 0.717) is 6.42 Å². The minimum absolute atomic E-state index is 0.00190. The molecular formula is C25H28ClFN4O5. The van der Waals surface area contributed by atoms with E-state index in [2.05, 4.69) is 21.3 Å². The Hall–Kier alpha value is -3.01. The molecule has 4 saturated carbocycles. The van der Waals surface area contributed by atoms with E-state index in [1.165, 1.54) is 18.2 Å². The number of anilines is 1. The van der Waals surface area contributed by atoms with E-state index in [0.717, 1.165) is 12.8 Å². The van der Waals surface area contributed by atoms with Crippen molar-refractivity contribution in [3.05, 3.63) is 28.8 Å². The molecule has 2 bridgehead atoms. The zero-order valence-electron chi connectivity index (χ0n) is 19.8. The van der Waals surface area contributed by atoms with Crippen molar-refractivity contribution in [1.29, 1.82) is 0 Å². The molecule has 6 rings (SSSR count). The van der Waals surface area contributed by atoms with Gasteiger partial charge in [0.05, 0.1) is 22.7 Å². The number of amides is 4. The number of benzene rings is 1. The monoisotopic (exact) mass is 518 g/mol. The van der Waals surface area contributed by atoms with Crippen LogP contribution in [0.3, 0.4) is 0 Å². The van der Waals surface area contributed by atoms with Gasteiger partial charge < -0.3 is 21.3 Å². The van der Waals surface area contributed by atoms with Crippen LogP contribution in [0.15, 0.2) is 18.2 Å². The van der Waals surface area contributed by atoms with Crippen LogP contribution in [0, 0.1) is 11.3 Å². The molecule has 0 aromatic heterocycles. The van der Waals surface area contributed by atoms with Crippen LogP contribution in [-0.4, -0.2) is 53.2 Å². The Morgan fingerprint density at radius 3 is 2.47 bits per heavy atom. The zero-order valence-corrected chi connectivity index (χ0v) is 20.5. The maximum absolute atomic E-state index is 13.9. The van der Waals surface area contributed by atoms with Gasteiger partial charge in [0, 0.05) is 23.0 Å². The lowest BCUT2D eigenvalue weighted by molar-refractivity contribution is -0.209. The summed E-state index contributed by atoms with van der Waals surface area (Å²) < 4.78 is 13.9. The van der Waals surface area contributed by atoms with E-state index >= 15 is 0 Å². The SMILES string of the molecule is C[C@@H]1C[C@@H](CC(NC(=O)c2cc(Cl)ccc2NC(=O)C23CC(F)(C2)C3)C(=O)C(=O)NC2CC2)C(=O)N1. The number of carbonyl (C=O) groups is 5. The standard InChI is InChI=1S/C25H28ClFN4O5/c1-12-6-13(20(33)28-12)7-18(19(32)22(35)29-15-3-4-15)30-21(34)16-8-14(26)2-5-17(16)31-23(36)24-9-25(27,10-24)11-24/h2,5,8,12-13,15,18H,3-4,6-7,9-11H2,1H3,(H,28,33)(H,29,35)(H,30,34)(H,31,36)/t12-,13+,18?,24?,25?/m1/s1. The third-order valence-electron chi connectivity index (χ3n) is 7.60. The van der Waals surface area contributed by atoms with Gasteiger partial charge in [-0.3, -0.25) is 24.0 Å². The van der Waals surface area contributed by atoms with Crippen LogP contribution in [0.4, 0.5) is 10.1 Å². The molecule has 5 aliphatic rings.